The molecule has 1 aromatic carbocycles. The number of aryl methyl sites for hydroxylation is 1. The average molecular weight is 206 g/mol. The minimum Gasteiger partial charge on any atom is -0.320 e. The Labute approximate surface area is 93.3 Å². The third kappa shape index (κ3) is 4.96. The van der Waals surface area contributed by atoms with Crippen LogP contribution in [0.5, 0.6) is 0 Å². The van der Waals surface area contributed by atoms with Gasteiger partial charge in [-0.3, -0.25) is 0 Å². The molecule has 0 unspecified atom stereocenters. The van der Waals surface area contributed by atoms with Crippen LogP contribution in [0, 0.1) is 6.92 Å². The van der Waals surface area contributed by atoms with E-state index in [0.717, 1.165) is 19.6 Å². The van der Waals surface area contributed by atoms with Crippen molar-refractivity contribution < 1.29 is 0 Å². The maximum atomic E-state index is 3.17. The quantitative estimate of drug-likeness (QED) is 0.717. The van der Waals surface area contributed by atoms with Gasteiger partial charge in [0.05, 0.1) is 0 Å². The predicted octanol–water partition coefficient (Wildman–Crippen LogP) is 2.04. The summed E-state index contributed by atoms with van der Waals surface area (Å²) in [5, 5.41) is 3.17. The van der Waals surface area contributed by atoms with Crippen molar-refractivity contribution in [2.24, 2.45) is 0 Å². The highest BCUT2D eigenvalue weighted by molar-refractivity contribution is 5.21. The summed E-state index contributed by atoms with van der Waals surface area (Å²) in [5.74, 6) is 0. The standard InChI is InChI=1S/C13H22N2/c1-12-6-4-7-13(10-12)11-15(3)9-5-8-14-2/h4,6-7,10,14H,5,8-9,11H2,1-3H3. The van der Waals surface area contributed by atoms with Gasteiger partial charge in [0.25, 0.3) is 0 Å². The normalized spacial score (nSPS) is 10.9. The molecular formula is C13H22N2. The lowest BCUT2D eigenvalue weighted by Crippen LogP contribution is -2.22. The van der Waals surface area contributed by atoms with Crippen LogP contribution in [0.25, 0.3) is 0 Å². The zero-order valence-electron chi connectivity index (χ0n) is 10.1. The zero-order chi connectivity index (χ0) is 11.1. The molecule has 1 aromatic rings. The fraction of sp³-hybridized carbons (Fsp3) is 0.538. The third-order valence-electron chi connectivity index (χ3n) is 2.50. The molecule has 2 heteroatoms. The van der Waals surface area contributed by atoms with Crippen LogP contribution in [0.1, 0.15) is 17.5 Å². The summed E-state index contributed by atoms with van der Waals surface area (Å²) in [4.78, 5) is 2.37. The molecular weight excluding hydrogens is 184 g/mol. The molecule has 0 saturated heterocycles. The summed E-state index contributed by atoms with van der Waals surface area (Å²) in [7, 11) is 4.18. The van der Waals surface area contributed by atoms with Gasteiger partial charge in [-0.1, -0.05) is 29.8 Å². The monoisotopic (exact) mass is 206 g/mol. The fourth-order valence-corrected chi connectivity index (χ4v) is 1.73. The lowest BCUT2D eigenvalue weighted by molar-refractivity contribution is 0.321. The van der Waals surface area contributed by atoms with E-state index in [1.807, 2.05) is 7.05 Å². The number of rotatable bonds is 6. The van der Waals surface area contributed by atoms with Crippen LogP contribution in [0.4, 0.5) is 0 Å². The highest BCUT2D eigenvalue weighted by Crippen LogP contribution is 2.06. The lowest BCUT2D eigenvalue weighted by Gasteiger charge is -2.16. The van der Waals surface area contributed by atoms with Gasteiger partial charge in [0.2, 0.25) is 0 Å². The van der Waals surface area contributed by atoms with Crippen molar-refractivity contribution in [3.05, 3.63) is 35.4 Å². The van der Waals surface area contributed by atoms with Crippen LogP contribution < -0.4 is 5.32 Å². The predicted molar refractivity (Wildman–Crippen MR) is 66.1 cm³/mol. The number of nitrogens with one attached hydrogen (secondary N) is 1. The highest BCUT2D eigenvalue weighted by Gasteiger charge is 1.99. The van der Waals surface area contributed by atoms with Crippen LogP contribution in [0.2, 0.25) is 0 Å². The molecule has 0 amide bonds. The van der Waals surface area contributed by atoms with Gasteiger partial charge in [0, 0.05) is 6.54 Å². The van der Waals surface area contributed by atoms with Crippen molar-refractivity contribution in [3.63, 3.8) is 0 Å². The SMILES string of the molecule is CNCCCN(C)Cc1cccc(C)c1. The van der Waals surface area contributed by atoms with Crippen molar-refractivity contribution in [1.29, 1.82) is 0 Å². The van der Waals surface area contributed by atoms with Gasteiger partial charge >= 0.3 is 0 Å². The van der Waals surface area contributed by atoms with E-state index >= 15 is 0 Å². The Bertz CT molecular complexity index is 284. The second kappa shape index (κ2) is 6.59. The Morgan fingerprint density at radius 1 is 1.33 bits per heavy atom. The zero-order valence-corrected chi connectivity index (χ0v) is 10.1. The minimum atomic E-state index is 1.05. The summed E-state index contributed by atoms with van der Waals surface area (Å²) in [5.41, 5.74) is 2.75. The van der Waals surface area contributed by atoms with Gasteiger partial charge in [0.15, 0.2) is 0 Å². The Hall–Kier alpha value is -0.860. The fourth-order valence-electron chi connectivity index (χ4n) is 1.73. The molecule has 0 saturated carbocycles. The maximum absolute atomic E-state index is 3.17. The van der Waals surface area contributed by atoms with Crippen LogP contribution in [0.3, 0.4) is 0 Å². The summed E-state index contributed by atoms with van der Waals surface area (Å²) in [6.07, 6.45) is 1.21. The molecule has 0 bridgehead atoms. The van der Waals surface area contributed by atoms with Crippen molar-refractivity contribution in [3.8, 4) is 0 Å². The van der Waals surface area contributed by atoms with E-state index in [0.29, 0.717) is 0 Å². The van der Waals surface area contributed by atoms with Gasteiger partial charge in [0.1, 0.15) is 0 Å². The number of nitrogens with zero attached hydrogens (tertiary/aromatic N) is 1. The second-order valence-electron chi connectivity index (χ2n) is 4.18. The molecule has 1 rings (SSSR count). The number of hydrogen-bond donors (Lipinski definition) is 1. The first kappa shape index (κ1) is 12.2. The summed E-state index contributed by atoms with van der Waals surface area (Å²) >= 11 is 0. The molecule has 0 aliphatic heterocycles. The smallest absolute Gasteiger partial charge is 0.0230 e. The van der Waals surface area contributed by atoms with E-state index in [2.05, 4.69) is 48.5 Å². The van der Waals surface area contributed by atoms with Crippen LogP contribution in [0.15, 0.2) is 24.3 Å². The largest absolute Gasteiger partial charge is 0.320 e. The maximum Gasteiger partial charge on any atom is 0.0230 e. The lowest BCUT2D eigenvalue weighted by atomic mass is 10.1. The van der Waals surface area contributed by atoms with Crippen LogP contribution >= 0.6 is 0 Å². The number of hydrogen-bond acceptors (Lipinski definition) is 2. The molecule has 0 atom stereocenters. The Balaban J connectivity index is 2.34. The van der Waals surface area contributed by atoms with Gasteiger partial charge in [-0.2, -0.15) is 0 Å². The van der Waals surface area contributed by atoms with Gasteiger partial charge in [-0.15, -0.1) is 0 Å². The third-order valence-corrected chi connectivity index (χ3v) is 2.50. The van der Waals surface area contributed by atoms with Gasteiger partial charge in [-0.25, -0.2) is 0 Å². The average Bonchev–Trinajstić information content (AvgIpc) is 2.18. The molecule has 0 aliphatic rings. The van der Waals surface area contributed by atoms with E-state index in [1.54, 1.807) is 0 Å². The van der Waals surface area contributed by atoms with E-state index in [1.165, 1.54) is 17.5 Å². The van der Waals surface area contributed by atoms with Crippen LogP contribution in [-0.4, -0.2) is 32.1 Å². The van der Waals surface area contributed by atoms with Crippen molar-refractivity contribution in [2.75, 3.05) is 27.2 Å². The van der Waals surface area contributed by atoms with E-state index in [-0.39, 0.29) is 0 Å². The molecule has 2 nitrogen and oxygen atoms in total. The summed E-state index contributed by atoms with van der Waals surface area (Å²) in [6, 6.07) is 8.73. The number of benzene rings is 1. The Morgan fingerprint density at radius 3 is 2.80 bits per heavy atom. The van der Waals surface area contributed by atoms with Crippen molar-refractivity contribution in [2.45, 2.75) is 19.9 Å². The topological polar surface area (TPSA) is 15.3 Å². The Morgan fingerprint density at radius 2 is 2.13 bits per heavy atom. The van der Waals surface area contributed by atoms with E-state index in [4.69, 9.17) is 0 Å². The summed E-state index contributed by atoms with van der Waals surface area (Å²) in [6.45, 7) is 5.43. The van der Waals surface area contributed by atoms with E-state index in [9.17, 15) is 0 Å². The van der Waals surface area contributed by atoms with Crippen molar-refractivity contribution in [1.82, 2.24) is 10.2 Å². The molecule has 0 fully saturated rings. The highest BCUT2D eigenvalue weighted by atomic mass is 15.1. The molecule has 0 heterocycles. The second-order valence-corrected chi connectivity index (χ2v) is 4.18. The molecule has 84 valence electrons. The first-order valence-corrected chi connectivity index (χ1v) is 5.61. The molecule has 1 N–H and O–H groups in total. The van der Waals surface area contributed by atoms with Crippen LogP contribution in [-0.2, 0) is 6.54 Å². The first-order chi connectivity index (χ1) is 7.22. The van der Waals surface area contributed by atoms with Gasteiger partial charge in [-0.05, 0) is 46.1 Å². The Kier molecular flexibility index (Phi) is 5.37. The molecule has 0 radical (unpaired) electrons. The molecule has 0 aliphatic carbocycles. The summed E-state index contributed by atoms with van der Waals surface area (Å²) < 4.78 is 0. The van der Waals surface area contributed by atoms with E-state index < -0.39 is 0 Å². The first-order valence-electron chi connectivity index (χ1n) is 5.61. The molecule has 15 heavy (non-hydrogen) atoms. The molecule has 0 spiro atoms. The molecule has 0 aromatic heterocycles. The van der Waals surface area contributed by atoms with Crippen molar-refractivity contribution >= 4 is 0 Å². The van der Waals surface area contributed by atoms with Gasteiger partial charge < -0.3 is 10.2 Å². The minimum absolute atomic E-state index is 1.05.